The van der Waals surface area contributed by atoms with E-state index in [0.29, 0.717) is 5.69 Å². The third-order valence-corrected chi connectivity index (χ3v) is 6.73. The number of aliphatic hydroxyl groups excluding tert-OH is 1. The lowest BCUT2D eigenvalue weighted by Gasteiger charge is -2.37. The van der Waals surface area contributed by atoms with Crippen molar-refractivity contribution in [2.24, 2.45) is 11.8 Å². The molecule has 1 aromatic carbocycles. The average molecular weight is 480 g/mol. The maximum atomic E-state index is 13.6. The van der Waals surface area contributed by atoms with E-state index in [9.17, 15) is 28.3 Å². The van der Waals surface area contributed by atoms with E-state index < -0.39 is 54.0 Å². The first kappa shape index (κ1) is 22.9. The van der Waals surface area contributed by atoms with Crippen molar-refractivity contribution in [1.82, 2.24) is 19.8 Å². The fourth-order valence-electron chi connectivity index (χ4n) is 5.28. The summed E-state index contributed by atoms with van der Waals surface area (Å²) in [5.41, 5.74) is 0.624. The van der Waals surface area contributed by atoms with Gasteiger partial charge in [0.25, 0.3) is 11.5 Å². The highest BCUT2D eigenvalue weighted by Crippen LogP contribution is 2.48. The molecule has 5 rings (SSSR count). The van der Waals surface area contributed by atoms with E-state index in [1.54, 1.807) is 30.3 Å². The molecule has 2 amide bonds. The number of halogens is 2. The first-order valence-corrected chi connectivity index (χ1v) is 11.2. The van der Waals surface area contributed by atoms with Crippen molar-refractivity contribution in [2.45, 2.75) is 25.2 Å². The van der Waals surface area contributed by atoms with E-state index in [1.807, 2.05) is 0 Å². The van der Waals surface area contributed by atoms with Gasteiger partial charge < -0.3 is 19.9 Å². The molecule has 2 aliphatic heterocycles. The van der Waals surface area contributed by atoms with Gasteiger partial charge in [-0.3, -0.25) is 19.4 Å². The average Bonchev–Trinajstić information content (AvgIpc) is 3.09. The molecule has 0 saturated carbocycles. The summed E-state index contributed by atoms with van der Waals surface area (Å²) in [6.45, 7) is -0.424. The largest absolute Gasteiger partial charge is 0.396 e. The Hall–Kier alpha value is -3.92. The molecule has 1 fully saturated rings. The van der Waals surface area contributed by atoms with Gasteiger partial charge in [0.2, 0.25) is 5.91 Å². The van der Waals surface area contributed by atoms with Gasteiger partial charge in [-0.05, 0) is 35.9 Å². The molecule has 3 aromatic rings. The van der Waals surface area contributed by atoms with E-state index in [-0.39, 0.29) is 29.9 Å². The smallest absolute Gasteiger partial charge is 0.273 e. The van der Waals surface area contributed by atoms with Crippen LogP contribution in [0.25, 0.3) is 0 Å². The number of aromatic nitrogens is 2. The van der Waals surface area contributed by atoms with Gasteiger partial charge in [0.1, 0.15) is 17.3 Å². The number of hydrogen-bond donors (Lipinski definition) is 2. The molecule has 8 nitrogen and oxygen atoms in total. The Labute approximate surface area is 198 Å². The summed E-state index contributed by atoms with van der Waals surface area (Å²) in [6, 6.07) is 11.1. The highest BCUT2D eigenvalue weighted by molar-refractivity contribution is 5.94. The zero-order valence-corrected chi connectivity index (χ0v) is 18.5. The molecule has 2 aromatic heterocycles. The first-order valence-electron chi connectivity index (χ1n) is 11.2. The van der Waals surface area contributed by atoms with Gasteiger partial charge in [0.15, 0.2) is 0 Å². The number of rotatable bonds is 5. The molecule has 4 heterocycles. The number of pyridine rings is 2. The molecule has 4 atom stereocenters. The van der Waals surface area contributed by atoms with Gasteiger partial charge in [-0.2, -0.15) is 0 Å². The summed E-state index contributed by atoms with van der Waals surface area (Å²) in [4.78, 5) is 45.2. The molecular formula is C25H22F2N4O4. The lowest BCUT2D eigenvalue weighted by atomic mass is 9.86. The zero-order chi connectivity index (χ0) is 24.7. The van der Waals surface area contributed by atoms with Crippen molar-refractivity contribution < 1.29 is 23.5 Å². The van der Waals surface area contributed by atoms with Crippen LogP contribution in [0, 0.1) is 23.5 Å². The van der Waals surface area contributed by atoms with Gasteiger partial charge >= 0.3 is 0 Å². The van der Waals surface area contributed by atoms with Gasteiger partial charge in [0, 0.05) is 49.6 Å². The Balaban J connectivity index is 1.53. The molecule has 2 aliphatic rings. The summed E-state index contributed by atoms with van der Waals surface area (Å²) in [6.07, 6.45) is 1.49. The highest BCUT2D eigenvalue weighted by Gasteiger charge is 2.57. The van der Waals surface area contributed by atoms with Crippen molar-refractivity contribution in [2.75, 3.05) is 6.61 Å². The second-order valence-corrected chi connectivity index (χ2v) is 8.71. The topological polar surface area (TPSA) is 105 Å². The number of benzene rings is 1. The van der Waals surface area contributed by atoms with Crippen LogP contribution < -0.4 is 10.9 Å². The van der Waals surface area contributed by atoms with Crippen LogP contribution in [0.2, 0.25) is 0 Å². The van der Waals surface area contributed by atoms with E-state index in [0.717, 1.165) is 18.2 Å². The minimum Gasteiger partial charge on any atom is -0.396 e. The number of fused-ring (bicyclic) bond motifs is 4. The van der Waals surface area contributed by atoms with Gasteiger partial charge in [-0.1, -0.05) is 12.1 Å². The second kappa shape index (κ2) is 9.03. The van der Waals surface area contributed by atoms with E-state index >= 15 is 0 Å². The Morgan fingerprint density at radius 1 is 1.09 bits per heavy atom. The van der Waals surface area contributed by atoms with Crippen molar-refractivity contribution in [3.05, 3.63) is 99.7 Å². The van der Waals surface area contributed by atoms with Crippen LogP contribution >= 0.6 is 0 Å². The highest BCUT2D eigenvalue weighted by atomic mass is 19.1. The lowest BCUT2D eigenvalue weighted by molar-refractivity contribution is -0.127. The summed E-state index contributed by atoms with van der Waals surface area (Å²) >= 11 is 0. The normalized spacial score (nSPS) is 22.5. The number of aliphatic hydroxyl groups is 1. The lowest BCUT2D eigenvalue weighted by Crippen LogP contribution is -2.49. The van der Waals surface area contributed by atoms with Crippen molar-refractivity contribution in [1.29, 1.82) is 0 Å². The Morgan fingerprint density at radius 3 is 2.54 bits per heavy atom. The third-order valence-electron chi connectivity index (χ3n) is 6.73. The SMILES string of the molecule is O=C(NCc1cc(F)cc(F)c1)[C@H]1[C@H](CO)[C@H]2Cn3c(cccc3=O)[C@@H]1N2C(=O)c1ccccn1. The fraction of sp³-hybridized carbons (Fsp3) is 0.280. The van der Waals surface area contributed by atoms with Crippen LogP contribution in [0.3, 0.4) is 0 Å². The number of carbonyl (C=O) groups excluding carboxylic acids is 2. The zero-order valence-electron chi connectivity index (χ0n) is 18.5. The molecule has 0 unspecified atom stereocenters. The van der Waals surface area contributed by atoms with Crippen LogP contribution in [-0.4, -0.2) is 44.0 Å². The number of nitrogens with one attached hydrogen (secondary N) is 1. The Bertz CT molecular complexity index is 1330. The molecule has 2 bridgehead atoms. The van der Waals surface area contributed by atoms with Gasteiger partial charge in [-0.25, -0.2) is 8.78 Å². The van der Waals surface area contributed by atoms with Crippen LogP contribution in [-0.2, 0) is 17.9 Å². The second-order valence-electron chi connectivity index (χ2n) is 8.71. The molecular weight excluding hydrogens is 458 g/mol. The molecule has 0 spiro atoms. The quantitative estimate of drug-likeness (QED) is 0.578. The van der Waals surface area contributed by atoms with Crippen LogP contribution in [0.1, 0.15) is 27.8 Å². The molecule has 180 valence electrons. The van der Waals surface area contributed by atoms with Crippen LogP contribution in [0.5, 0.6) is 0 Å². The van der Waals surface area contributed by atoms with Crippen molar-refractivity contribution in [3.8, 4) is 0 Å². The summed E-state index contributed by atoms with van der Waals surface area (Å²) in [5.74, 6) is -4.00. The number of amides is 2. The molecule has 0 radical (unpaired) electrons. The van der Waals surface area contributed by atoms with Gasteiger partial charge in [0.05, 0.1) is 18.0 Å². The minimum absolute atomic E-state index is 0.119. The maximum absolute atomic E-state index is 13.6. The molecule has 10 heteroatoms. The number of hydrogen-bond acceptors (Lipinski definition) is 5. The first-order chi connectivity index (χ1) is 16.9. The fourth-order valence-corrected chi connectivity index (χ4v) is 5.28. The predicted octanol–water partition coefficient (Wildman–Crippen LogP) is 1.64. The molecule has 0 aliphatic carbocycles. The molecule has 35 heavy (non-hydrogen) atoms. The molecule has 2 N–H and O–H groups in total. The standard InChI is InChI=1S/C25H22F2N4O4/c26-15-8-14(9-16(27)10-15)11-29-24(34)22-17(13-32)20-12-30-19(5-3-6-21(30)33)23(22)31(20)25(35)18-4-1-2-7-28-18/h1-10,17,20,22-23,32H,11-13H2,(H,29,34)/t17-,20-,22+,23+/m1/s1. The van der Waals surface area contributed by atoms with Gasteiger partial charge in [-0.15, -0.1) is 0 Å². The summed E-state index contributed by atoms with van der Waals surface area (Å²) in [7, 11) is 0. The monoisotopic (exact) mass is 480 g/mol. The Kier molecular flexibility index (Phi) is 5.89. The van der Waals surface area contributed by atoms with Crippen LogP contribution in [0.4, 0.5) is 8.78 Å². The van der Waals surface area contributed by atoms with E-state index in [2.05, 4.69) is 10.3 Å². The Morgan fingerprint density at radius 2 is 1.86 bits per heavy atom. The maximum Gasteiger partial charge on any atom is 0.273 e. The summed E-state index contributed by atoms with van der Waals surface area (Å²) in [5, 5.41) is 13.0. The number of nitrogens with zero attached hydrogens (tertiary/aromatic N) is 3. The van der Waals surface area contributed by atoms with E-state index in [1.165, 1.54) is 21.7 Å². The predicted molar refractivity (Wildman–Crippen MR) is 120 cm³/mol. The minimum atomic E-state index is -0.897. The van der Waals surface area contributed by atoms with Crippen molar-refractivity contribution in [3.63, 3.8) is 0 Å². The van der Waals surface area contributed by atoms with E-state index in [4.69, 9.17) is 0 Å². The number of carbonyl (C=O) groups is 2. The summed E-state index contributed by atoms with van der Waals surface area (Å²) < 4.78 is 28.7. The molecule has 1 saturated heterocycles. The van der Waals surface area contributed by atoms with Crippen LogP contribution in [0.15, 0.2) is 65.6 Å². The van der Waals surface area contributed by atoms with Crippen molar-refractivity contribution >= 4 is 11.8 Å². The third kappa shape index (κ3) is 3.99.